The zero-order valence-electron chi connectivity index (χ0n) is 26.0. The molecule has 5 aromatic rings. The lowest BCUT2D eigenvalue weighted by Crippen LogP contribution is -2.43. The molecular formula is C34H34F3N7O3. The van der Waals surface area contributed by atoms with Crippen LogP contribution in [0.2, 0.25) is 0 Å². The molecular weight excluding hydrogens is 611 g/mol. The van der Waals surface area contributed by atoms with Crippen molar-refractivity contribution < 1.29 is 27.4 Å². The summed E-state index contributed by atoms with van der Waals surface area (Å²) in [4.78, 5) is 18.6. The second-order valence-corrected chi connectivity index (χ2v) is 13.1. The Morgan fingerprint density at radius 1 is 1.11 bits per heavy atom. The number of nitrogens with one attached hydrogen (secondary N) is 1. The molecule has 9 rings (SSSR count). The van der Waals surface area contributed by atoms with E-state index in [-0.39, 0.29) is 48.2 Å². The zero-order chi connectivity index (χ0) is 31.9. The maximum atomic E-state index is 17.3. The van der Waals surface area contributed by atoms with Crippen molar-refractivity contribution in [3.05, 3.63) is 41.6 Å². The van der Waals surface area contributed by atoms with E-state index in [0.29, 0.717) is 77.8 Å². The van der Waals surface area contributed by atoms with Crippen molar-refractivity contribution in [1.82, 2.24) is 30.0 Å². The molecule has 244 valence electrons. The number of aromatic amines is 1. The predicted octanol–water partition coefficient (Wildman–Crippen LogP) is 5.50. The van der Waals surface area contributed by atoms with Crippen LogP contribution in [0.5, 0.6) is 11.9 Å². The molecule has 0 aliphatic carbocycles. The van der Waals surface area contributed by atoms with Crippen molar-refractivity contribution in [3.63, 3.8) is 0 Å². The molecule has 3 fully saturated rings. The van der Waals surface area contributed by atoms with Crippen LogP contribution in [0.1, 0.15) is 38.2 Å². The third kappa shape index (κ3) is 4.46. The number of benzene rings is 2. The van der Waals surface area contributed by atoms with E-state index >= 15 is 8.78 Å². The van der Waals surface area contributed by atoms with Crippen molar-refractivity contribution in [2.75, 3.05) is 51.0 Å². The molecule has 0 unspecified atom stereocenters. The third-order valence-corrected chi connectivity index (χ3v) is 10.4. The molecule has 3 saturated heterocycles. The summed E-state index contributed by atoms with van der Waals surface area (Å²) in [6.45, 7) is 5.12. The van der Waals surface area contributed by atoms with Gasteiger partial charge in [0.05, 0.1) is 29.9 Å². The Bertz CT molecular complexity index is 2060. The van der Waals surface area contributed by atoms with E-state index in [1.54, 1.807) is 12.3 Å². The number of nitrogens with zero attached hydrogens (tertiary/aromatic N) is 6. The first-order valence-corrected chi connectivity index (χ1v) is 16.4. The van der Waals surface area contributed by atoms with E-state index in [1.807, 2.05) is 13.0 Å². The molecule has 3 atom stereocenters. The van der Waals surface area contributed by atoms with E-state index in [0.717, 1.165) is 31.2 Å². The van der Waals surface area contributed by atoms with Gasteiger partial charge in [-0.2, -0.15) is 15.1 Å². The van der Waals surface area contributed by atoms with Crippen molar-refractivity contribution in [1.29, 1.82) is 0 Å². The van der Waals surface area contributed by atoms with Crippen LogP contribution in [0.25, 0.3) is 43.8 Å². The molecule has 2 aromatic carbocycles. The smallest absolute Gasteiger partial charge is 0.319 e. The molecule has 4 aliphatic heterocycles. The number of alkyl halides is 1. The van der Waals surface area contributed by atoms with Crippen LogP contribution in [0.3, 0.4) is 0 Å². The predicted molar refractivity (Wildman–Crippen MR) is 170 cm³/mol. The number of aromatic nitrogens is 5. The maximum absolute atomic E-state index is 17.3. The van der Waals surface area contributed by atoms with Gasteiger partial charge < -0.3 is 19.1 Å². The monoisotopic (exact) mass is 645 g/mol. The summed E-state index contributed by atoms with van der Waals surface area (Å²) in [5.74, 6) is -0.424. The molecule has 0 amide bonds. The zero-order valence-corrected chi connectivity index (χ0v) is 26.0. The van der Waals surface area contributed by atoms with Gasteiger partial charge >= 0.3 is 6.01 Å². The van der Waals surface area contributed by atoms with Crippen molar-refractivity contribution >= 4 is 38.4 Å². The quantitative estimate of drug-likeness (QED) is 0.265. The molecule has 3 aromatic heterocycles. The molecule has 0 bridgehead atoms. The number of halogens is 3. The van der Waals surface area contributed by atoms with Gasteiger partial charge in [-0.15, -0.1) is 0 Å². The Balaban J connectivity index is 1.28. The number of aryl methyl sites for hydroxylation is 1. The normalized spacial score (nSPS) is 24.4. The highest BCUT2D eigenvalue weighted by molar-refractivity contribution is 6.13. The number of anilines is 1. The molecule has 1 N–H and O–H groups in total. The summed E-state index contributed by atoms with van der Waals surface area (Å²) in [6, 6.07) is 4.80. The summed E-state index contributed by atoms with van der Waals surface area (Å²) in [5.41, 5.74) is 1.06. The number of H-pyrrole nitrogens is 1. The Labute approximate surface area is 268 Å². The van der Waals surface area contributed by atoms with Gasteiger partial charge in [-0.05, 0) is 60.7 Å². The van der Waals surface area contributed by atoms with Crippen LogP contribution in [-0.4, -0.2) is 93.9 Å². The number of hydrogen-bond donors (Lipinski definition) is 1. The molecule has 7 heterocycles. The third-order valence-electron chi connectivity index (χ3n) is 10.4. The van der Waals surface area contributed by atoms with Gasteiger partial charge in [-0.25, -0.2) is 18.2 Å². The van der Waals surface area contributed by atoms with Crippen LogP contribution < -0.4 is 14.4 Å². The molecule has 13 heteroatoms. The largest absolute Gasteiger partial charge is 0.475 e. The van der Waals surface area contributed by atoms with E-state index in [9.17, 15) is 4.39 Å². The van der Waals surface area contributed by atoms with Crippen molar-refractivity contribution in [2.24, 2.45) is 0 Å². The molecule has 47 heavy (non-hydrogen) atoms. The van der Waals surface area contributed by atoms with Crippen LogP contribution >= 0.6 is 0 Å². The number of rotatable bonds is 5. The van der Waals surface area contributed by atoms with Gasteiger partial charge in [0.25, 0.3) is 0 Å². The minimum Gasteiger partial charge on any atom is -0.475 e. The van der Waals surface area contributed by atoms with Gasteiger partial charge in [0.1, 0.15) is 47.6 Å². The lowest BCUT2D eigenvalue weighted by atomic mass is 9.92. The first kappa shape index (κ1) is 29.0. The Kier molecular flexibility index (Phi) is 6.72. The second kappa shape index (κ2) is 10.9. The SMILES string of the molecule is CCc1c(F)ccc2cc3[nH]ncc3c(-c3nc4c5c(nc(OC[C@@]67CCCN6C[C@H](F)C7)nc5c3F)N3CCCOC[C@H]3CO4)c12. The number of fused-ring (bicyclic) bond motifs is 5. The number of hydrogen-bond acceptors (Lipinski definition) is 9. The lowest BCUT2D eigenvalue weighted by molar-refractivity contribution is 0.107. The van der Waals surface area contributed by atoms with Gasteiger partial charge in [0, 0.05) is 37.1 Å². The first-order valence-electron chi connectivity index (χ1n) is 16.4. The van der Waals surface area contributed by atoms with Gasteiger partial charge in [0.15, 0.2) is 5.82 Å². The van der Waals surface area contributed by atoms with Gasteiger partial charge in [-0.3, -0.25) is 10.00 Å². The first-order chi connectivity index (χ1) is 22.9. The van der Waals surface area contributed by atoms with Gasteiger partial charge in [-0.1, -0.05) is 13.0 Å². The minimum absolute atomic E-state index is 0.00511. The van der Waals surface area contributed by atoms with Crippen molar-refractivity contribution in [2.45, 2.75) is 56.8 Å². The maximum Gasteiger partial charge on any atom is 0.319 e. The average molecular weight is 646 g/mol. The molecule has 10 nitrogen and oxygen atoms in total. The topological polar surface area (TPSA) is 102 Å². The summed E-state index contributed by atoms with van der Waals surface area (Å²) >= 11 is 0. The minimum atomic E-state index is -0.914. The molecule has 0 saturated carbocycles. The summed E-state index contributed by atoms with van der Waals surface area (Å²) in [7, 11) is 0. The van der Waals surface area contributed by atoms with Crippen LogP contribution in [-0.2, 0) is 11.2 Å². The average Bonchev–Trinajstić information content (AvgIpc) is 3.68. The Morgan fingerprint density at radius 3 is 2.91 bits per heavy atom. The fourth-order valence-corrected chi connectivity index (χ4v) is 8.26. The lowest BCUT2D eigenvalue weighted by Gasteiger charge is -2.31. The van der Waals surface area contributed by atoms with Gasteiger partial charge in [0.2, 0.25) is 5.88 Å². The van der Waals surface area contributed by atoms with E-state index < -0.39 is 17.5 Å². The summed E-state index contributed by atoms with van der Waals surface area (Å²) < 4.78 is 65.7. The highest BCUT2D eigenvalue weighted by atomic mass is 19.1. The fraction of sp³-hybridized carbons (Fsp3) is 0.471. The standard InChI is InChI=1S/C34H34F3N7O3/c1-2-21-23(36)6-5-18-11-24-22(13-38-42-24)26(25(18)21)29-28(37)30-27-31(44-9-4-10-45-15-20(44)16-46-32(27)39-29)41-33(40-30)47-17-34-7-3-8-43(34)14-19(35)12-34/h5-6,11,13,19-20H,2-4,7-10,12,14-17H2,1H3,(H,38,42)/t19-,20+,34+/m1/s1. The van der Waals surface area contributed by atoms with E-state index in [4.69, 9.17) is 24.2 Å². The van der Waals surface area contributed by atoms with Crippen LogP contribution in [0.4, 0.5) is 19.0 Å². The highest BCUT2D eigenvalue weighted by Crippen LogP contribution is 2.45. The molecule has 4 aliphatic rings. The molecule has 0 radical (unpaired) electrons. The summed E-state index contributed by atoms with van der Waals surface area (Å²) in [5, 5.41) is 9.44. The highest BCUT2D eigenvalue weighted by Gasteiger charge is 2.49. The Hall–Kier alpha value is -4.23. The number of pyridine rings is 1. The van der Waals surface area contributed by atoms with E-state index in [2.05, 4.69) is 25.0 Å². The summed E-state index contributed by atoms with van der Waals surface area (Å²) in [6.07, 6.45) is 3.99. The van der Waals surface area contributed by atoms with Crippen LogP contribution in [0, 0.1) is 11.6 Å². The van der Waals surface area contributed by atoms with Crippen molar-refractivity contribution in [3.8, 4) is 23.1 Å². The number of ether oxygens (including phenoxy) is 3. The molecule has 0 spiro atoms. The fourth-order valence-electron chi connectivity index (χ4n) is 8.26. The van der Waals surface area contributed by atoms with Crippen LogP contribution in [0.15, 0.2) is 24.4 Å². The second-order valence-electron chi connectivity index (χ2n) is 13.1. The Morgan fingerprint density at radius 2 is 2.02 bits per heavy atom. The van der Waals surface area contributed by atoms with E-state index in [1.165, 1.54) is 6.07 Å².